The standard InChI is InChI=1S/C10H8FN3O/c11-7-5-6(1-2-8(7)12)9-10(15)14-4-3-13-9/h1-5H,12H2,(H,14,15). The number of nitrogens with zero attached hydrogens (tertiary/aromatic N) is 1. The summed E-state index contributed by atoms with van der Waals surface area (Å²) in [5.74, 6) is -0.558. The van der Waals surface area contributed by atoms with Gasteiger partial charge < -0.3 is 10.7 Å². The van der Waals surface area contributed by atoms with Crippen molar-refractivity contribution < 1.29 is 4.39 Å². The van der Waals surface area contributed by atoms with Crippen molar-refractivity contribution in [1.29, 1.82) is 0 Å². The first-order chi connectivity index (χ1) is 7.18. The number of anilines is 1. The topological polar surface area (TPSA) is 71.8 Å². The molecule has 0 saturated carbocycles. The number of hydrogen-bond acceptors (Lipinski definition) is 3. The third-order valence-electron chi connectivity index (χ3n) is 1.98. The Morgan fingerprint density at radius 3 is 2.87 bits per heavy atom. The van der Waals surface area contributed by atoms with Gasteiger partial charge in [0.2, 0.25) is 0 Å². The lowest BCUT2D eigenvalue weighted by Gasteiger charge is -2.00. The maximum atomic E-state index is 13.1. The van der Waals surface area contributed by atoms with Crippen LogP contribution in [-0.2, 0) is 0 Å². The third kappa shape index (κ3) is 1.71. The lowest BCUT2D eigenvalue weighted by atomic mass is 10.1. The van der Waals surface area contributed by atoms with E-state index in [0.29, 0.717) is 5.56 Å². The summed E-state index contributed by atoms with van der Waals surface area (Å²) in [5.41, 5.74) is 5.59. The van der Waals surface area contributed by atoms with Gasteiger partial charge in [0, 0.05) is 18.0 Å². The number of aromatic nitrogens is 2. The first kappa shape index (κ1) is 9.39. The zero-order valence-electron chi connectivity index (χ0n) is 7.70. The van der Waals surface area contributed by atoms with E-state index in [2.05, 4.69) is 9.97 Å². The van der Waals surface area contributed by atoms with Crippen molar-refractivity contribution in [2.24, 2.45) is 0 Å². The summed E-state index contributed by atoms with van der Waals surface area (Å²) in [6.07, 6.45) is 2.85. The number of nitrogens with one attached hydrogen (secondary N) is 1. The van der Waals surface area contributed by atoms with Crippen molar-refractivity contribution in [3.05, 3.63) is 46.8 Å². The number of hydrogen-bond donors (Lipinski definition) is 2. The lowest BCUT2D eigenvalue weighted by Crippen LogP contribution is -2.09. The molecule has 0 spiro atoms. The molecule has 2 aromatic rings. The number of halogens is 1. The van der Waals surface area contributed by atoms with E-state index in [4.69, 9.17) is 5.73 Å². The minimum absolute atomic E-state index is 0.0473. The van der Waals surface area contributed by atoms with E-state index >= 15 is 0 Å². The van der Waals surface area contributed by atoms with Gasteiger partial charge >= 0.3 is 0 Å². The molecule has 1 aromatic heterocycles. The van der Waals surface area contributed by atoms with Gasteiger partial charge in [0.05, 0.1) is 5.69 Å². The van der Waals surface area contributed by atoms with E-state index in [1.54, 1.807) is 6.07 Å². The minimum Gasteiger partial charge on any atom is -0.396 e. The van der Waals surface area contributed by atoms with Gasteiger partial charge in [0.1, 0.15) is 11.5 Å². The van der Waals surface area contributed by atoms with Gasteiger partial charge in [-0.3, -0.25) is 4.79 Å². The highest BCUT2D eigenvalue weighted by Crippen LogP contribution is 2.18. The fourth-order valence-electron chi connectivity index (χ4n) is 1.23. The number of aromatic amines is 1. The highest BCUT2D eigenvalue weighted by molar-refractivity contribution is 5.61. The molecule has 0 unspecified atom stereocenters. The highest BCUT2D eigenvalue weighted by Gasteiger charge is 2.06. The Morgan fingerprint density at radius 2 is 2.20 bits per heavy atom. The zero-order valence-corrected chi connectivity index (χ0v) is 7.70. The molecule has 15 heavy (non-hydrogen) atoms. The molecule has 0 aliphatic rings. The molecule has 5 heteroatoms. The summed E-state index contributed by atoms with van der Waals surface area (Å²) in [7, 11) is 0. The molecule has 1 aromatic carbocycles. The average molecular weight is 205 g/mol. The van der Waals surface area contributed by atoms with Crippen molar-refractivity contribution in [2.45, 2.75) is 0 Å². The molecule has 0 saturated heterocycles. The molecular formula is C10H8FN3O. The van der Waals surface area contributed by atoms with Gasteiger partial charge in [-0.15, -0.1) is 0 Å². The van der Waals surface area contributed by atoms with Crippen LogP contribution >= 0.6 is 0 Å². The molecule has 0 amide bonds. The van der Waals surface area contributed by atoms with Crippen LogP contribution in [-0.4, -0.2) is 9.97 Å². The highest BCUT2D eigenvalue weighted by atomic mass is 19.1. The number of rotatable bonds is 1. The summed E-state index contributed by atoms with van der Waals surface area (Å²) in [6, 6.07) is 4.14. The fourth-order valence-corrected chi connectivity index (χ4v) is 1.23. The predicted molar refractivity (Wildman–Crippen MR) is 54.7 cm³/mol. The molecular weight excluding hydrogens is 197 g/mol. The Balaban J connectivity index is 2.60. The van der Waals surface area contributed by atoms with Crippen LogP contribution < -0.4 is 11.3 Å². The Morgan fingerprint density at radius 1 is 1.40 bits per heavy atom. The van der Waals surface area contributed by atoms with Crippen molar-refractivity contribution >= 4 is 5.69 Å². The normalized spacial score (nSPS) is 10.2. The van der Waals surface area contributed by atoms with Crippen LogP contribution in [0.1, 0.15) is 0 Å². The molecule has 3 N–H and O–H groups in total. The van der Waals surface area contributed by atoms with Crippen LogP contribution in [0.25, 0.3) is 11.3 Å². The van der Waals surface area contributed by atoms with Crippen molar-refractivity contribution in [1.82, 2.24) is 9.97 Å². The van der Waals surface area contributed by atoms with Gasteiger partial charge in [0.15, 0.2) is 0 Å². The summed E-state index contributed by atoms with van der Waals surface area (Å²) in [5, 5.41) is 0. The zero-order chi connectivity index (χ0) is 10.8. The second-order valence-electron chi connectivity index (χ2n) is 3.00. The lowest BCUT2D eigenvalue weighted by molar-refractivity contribution is 0.633. The average Bonchev–Trinajstić information content (AvgIpc) is 2.23. The summed E-state index contributed by atoms with van der Waals surface area (Å²) in [4.78, 5) is 17.7. The molecule has 1 heterocycles. The van der Waals surface area contributed by atoms with Gasteiger partial charge in [-0.25, -0.2) is 9.37 Å². The Hall–Kier alpha value is -2.17. The SMILES string of the molecule is Nc1ccc(-c2ncc[nH]c2=O)cc1F. The number of H-pyrrole nitrogens is 1. The number of nitrogens with two attached hydrogens (primary N) is 1. The van der Waals surface area contributed by atoms with E-state index in [1.807, 2.05) is 0 Å². The fraction of sp³-hybridized carbons (Fsp3) is 0. The molecule has 0 bridgehead atoms. The summed E-state index contributed by atoms with van der Waals surface area (Å²) in [6.45, 7) is 0. The largest absolute Gasteiger partial charge is 0.396 e. The molecule has 0 aliphatic heterocycles. The van der Waals surface area contributed by atoms with E-state index in [-0.39, 0.29) is 16.9 Å². The van der Waals surface area contributed by atoms with Crippen LogP contribution in [0, 0.1) is 5.82 Å². The Labute approximate surface area is 84.6 Å². The minimum atomic E-state index is -0.558. The summed E-state index contributed by atoms with van der Waals surface area (Å²) >= 11 is 0. The van der Waals surface area contributed by atoms with Crippen LogP contribution in [0.4, 0.5) is 10.1 Å². The molecule has 0 radical (unpaired) electrons. The molecule has 0 aliphatic carbocycles. The molecule has 2 rings (SSSR count). The maximum Gasteiger partial charge on any atom is 0.274 e. The van der Waals surface area contributed by atoms with Crippen molar-refractivity contribution in [2.75, 3.05) is 5.73 Å². The van der Waals surface area contributed by atoms with E-state index in [0.717, 1.165) is 0 Å². The molecule has 0 fully saturated rings. The quantitative estimate of drug-likeness (QED) is 0.686. The Kier molecular flexibility index (Phi) is 2.21. The maximum absolute atomic E-state index is 13.1. The van der Waals surface area contributed by atoms with Gasteiger partial charge in [-0.05, 0) is 12.1 Å². The van der Waals surface area contributed by atoms with Crippen molar-refractivity contribution in [3.8, 4) is 11.3 Å². The molecule has 0 atom stereocenters. The second kappa shape index (κ2) is 3.53. The first-order valence-electron chi connectivity index (χ1n) is 4.27. The number of benzene rings is 1. The smallest absolute Gasteiger partial charge is 0.274 e. The summed E-state index contributed by atoms with van der Waals surface area (Å²) < 4.78 is 13.1. The van der Waals surface area contributed by atoms with Crippen LogP contribution in [0.3, 0.4) is 0 Å². The van der Waals surface area contributed by atoms with Crippen LogP contribution in [0.15, 0.2) is 35.4 Å². The van der Waals surface area contributed by atoms with Gasteiger partial charge in [0.25, 0.3) is 5.56 Å². The van der Waals surface area contributed by atoms with Crippen LogP contribution in [0.5, 0.6) is 0 Å². The monoisotopic (exact) mass is 205 g/mol. The van der Waals surface area contributed by atoms with Crippen LogP contribution in [0.2, 0.25) is 0 Å². The van der Waals surface area contributed by atoms with Gasteiger partial charge in [-0.1, -0.05) is 6.07 Å². The third-order valence-corrected chi connectivity index (χ3v) is 1.98. The first-order valence-corrected chi connectivity index (χ1v) is 4.27. The number of nitrogen functional groups attached to an aromatic ring is 1. The van der Waals surface area contributed by atoms with E-state index < -0.39 is 5.82 Å². The molecule has 76 valence electrons. The second-order valence-corrected chi connectivity index (χ2v) is 3.00. The van der Waals surface area contributed by atoms with Gasteiger partial charge in [-0.2, -0.15) is 0 Å². The van der Waals surface area contributed by atoms with E-state index in [1.165, 1.54) is 24.5 Å². The predicted octanol–water partition coefficient (Wildman–Crippen LogP) is 1.16. The van der Waals surface area contributed by atoms with E-state index in [9.17, 15) is 9.18 Å². The molecule has 4 nitrogen and oxygen atoms in total. The van der Waals surface area contributed by atoms with Crippen molar-refractivity contribution in [3.63, 3.8) is 0 Å². The Bertz CT molecular complexity index is 550.